The minimum atomic E-state index is -0.840. The van der Waals surface area contributed by atoms with Gasteiger partial charge < -0.3 is 20.3 Å². The van der Waals surface area contributed by atoms with Crippen LogP contribution in [0, 0.1) is 18.6 Å². The van der Waals surface area contributed by atoms with Gasteiger partial charge >= 0.3 is 6.03 Å². The van der Waals surface area contributed by atoms with Gasteiger partial charge in [-0.2, -0.15) is 0 Å². The first kappa shape index (κ1) is 18.0. The Morgan fingerprint density at radius 1 is 1.23 bits per heavy atom. The maximum Gasteiger partial charge on any atom is 0.319 e. The quantitative estimate of drug-likeness (QED) is 0.871. The number of hydrogen-bond donors (Lipinski definition) is 2. The summed E-state index contributed by atoms with van der Waals surface area (Å²) in [5, 5.41) is 4.94. The van der Waals surface area contributed by atoms with E-state index in [2.05, 4.69) is 20.6 Å². The molecule has 26 heavy (non-hydrogen) atoms. The number of amides is 2. The molecule has 1 fully saturated rings. The summed E-state index contributed by atoms with van der Waals surface area (Å²) in [5.41, 5.74) is 1.31. The lowest BCUT2D eigenvalue weighted by atomic mass is 10.3. The van der Waals surface area contributed by atoms with Gasteiger partial charge in [0.05, 0.1) is 31.1 Å². The number of carbonyl (C=O) groups excluding carboxylic acids is 1. The molecule has 0 unspecified atom stereocenters. The Morgan fingerprint density at radius 3 is 2.73 bits per heavy atom. The number of ether oxygens (including phenoxy) is 1. The van der Waals surface area contributed by atoms with Gasteiger partial charge in [-0.15, -0.1) is 0 Å². The number of urea groups is 1. The number of anilines is 2. The Bertz CT molecular complexity index is 797. The molecule has 3 rings (SSSR count). The predicted octanol–water partition coefficient (Wildman–Crippen LogP) is 2.22. The van der Waals surface area contributed by atoms with Crippen LogP contribution in [0.2, 0.25) is 0 Å². The number of halogens is 2. The molecule has 0 saturated carbocycles. The topological polar surface area (TPSA) is 79.4 Å². The molecular formula is C17H19F2N5O2. The Kier molecular flexibility index (Phi) is 5.57. The van der Waals surface area contributed by atoms with E-state index in [0.717, 1.165) is 17.8 Å². The smallest absolute Gasteiger partial charge is 0.319 e. The normalized spacial score (nSPS) is 14.2. The molecule has 1 saturated heterocycles. The molecule has 1 aromatic carbocycles. The second-order valence-corrected chi connectivity index (χ2v) is 5.83. The van der Waals surface area contributed by atoms with E-state index in [9.17, 15) is 13.6 Å². The second-order valence-electron chi connectivity index (χ2n) is 5.83. The van der Waals surface area contributed by atoms with Gasteiger partial charge in [-0.1, -0.05) is 0 Å². The van der Waals surface area contributed by atoms with Gasteiger partial charge in [0.15, 0.2) is 0 Å². The highest BCUT2D eigenvalue weighted by atomic mass is 19.1. The maximum atomic E-state index is 13.6. The Morgan fingerprint density at radius 2 is 2.00 bits per heavy atom. The molecule has 7 nitrogen and oxygen atoms in total. The van der Waals surface area contributed by atoms with Crippen LogP contribution in [0.1, 0.15) is 11.4 Å². The number of nitrogens with zero attached hydrogens (tertiary/aromatic N) is 3. The fraction of sp³-hybridized carbons (Fsp3) is 0.353. The average Bonchev–Trinajstić information content (AvgIpc) is 2.63. The minimum Gasteiger partial charge on any atom is -0.378 e. The highest BCUT2D eigenvalue weighted by Crippen LogP contribution is 2.15. The first-order valence-corrected chi connectivity index (χ1v) is 8.18. The molecule has 2 heterocycles. The van der Waals surface area contributed by atoms with Crippen molar-refractivity contribution in [1.29, 1.82) is 0 Å². The first-order chi connectivity index (χ1) is 12.5. The summed E-state index contributed by atoms with van der Waals surface area (Å²) < 4.78 is 31.8. The summed E-state index contributed by atoms with van der Waals surface area (Å²) in [6.45, 7) is 4.66. The number of carbonyl (C=O) groups is 1. The number of rotatable bonds is 4. The molecule has 2 N–H and O–H groups in total. The van der Waals surface area contributed by atoms with Crippen molar-refractivity contribution in [3.05, 3.63) is 47.3 Å². The van der Waals surface area contributed by atoms with Crippen LogP contribution in [0.25, 0.3) is 0 Å². The Hall–Kier alpha value is -2.81. The molecule has 9 heteroatoms. The molecule has 0 spiro atoms. The largest absolute Gasteiger partial charge is 0.378 e. The molecule has 0 aliphatic carbocycles. The third-order valence-corrected chi connectivity index (χ3v) is 3.80. The second kappa shape index (κ2) is 8.05. The fourth-order valence-corrected chi connectivity index (χ4v) is 2.54. The van der Waals surface area contributed by atoms with E-state index < -0.39 is 17.7 Å². The summed E-state index contributed by atoms with van der Waals surface area (Å²) in [6.07, 6.45) is 0. The third-order valence-electron chi connectivity index (χ3n) is 3.80. The molecule has 0 atom stereocenters. The molecule has 1 aromatic heterocycles. The van der Waals surface area contributed by atoms with Crippen molar-refractivity contribution in [2.45, 2.75) is 13.5 Å². The number of hydrogen-bond acceptors (Lipinski definition) is 5. The van der Waals surface area contributed by atoms with Gasteiger partial charge in [-0.3, -0.25) is 0 Å². The van der Waals surface area contributed by atoms with E-state index in [-0.39, 0.29) is 12.2 Å². The van der Waals surface area contributed by atoms with Crippen LogP contribution in [-0.2, 0) is 11.3 Å². The number of morpholine rings is 1. The molecule has 0 radical (unpaired) electrons. The fourth-order valence-electron chi connectivity index (χ4n) is 2.54. The molecule has 0 bridgehead atoms. The lowest BCUT2D eigenvalue weighted by Gasteiger charge is -2.27. The van der Waals surface area contributed by atoms with E-state index in [4.69, 9.17) is 4.74 Å². The monoisotopic (exact) mass is 363 g/mol. The summed E-state index contributed by atoms with van der Waals surface area (Å²) >= 11 is 0. The lowest BCUT2D eigenvalue weighted by molar-refractivity contribution is 0.122. The van der Waals surface area contributed by atoms with E-state index >= 15 is 0 Å². The molecule has 2 amide bonds. The SMILES string of the molecule is Cc1cc(CNC(=O)Nc2ccc(F)cc2F)nc(N2CCOCC2)n1. The predicted molar refractivity (Wildman–Crippen MR) is 92.0 cm³/mol. The van der Waals surface area contributed by atoms with Gasteiger partial charge in [0.25, 0.3) is 0 Å². The molecule has 1 aliphatic heterocycles. The van der Waals surface area contributed by atoms with E-state index in [1.807, 2.05) is 11.8 Å². The van der Waals surface area contributed by atoms with Gasteiger partial charge in [-0.25, -0.2) is 23.5 Å². The number of benzene rings is 1. The highest BCUT2D eigenvalue weighted by Gasteiger charge is 2.15. The zero-order valence-corrected chi connectivity index (χ0v) is 14.3. The van der Waals surface area contributed by atoms with E-state index in [1.165, 1.54) is 0 Å². The van der Waals surface area contributed by atoms with Crippen LogP contribution < -0.4 is 15.5 Å². The number of aromatic nitrogens is 2. The van der Waals surface area contributed by atoms with Crippen LogP contribution >= 0.6 is 0 Å². The van der Waals surface area contributed by atoms with Crippen molar-refractivity contribution in [2.24, 2.45) is 0 Å². The van der Waals surface area contributed by atoms with Crippen LogP contribution in [0.5, 0.6) is 0 Å². The standard InChI is InChI=1S/C17H19F2N5O2/c1-11-8-13(22-16(21-11)24-4-6-26-7-5-24)10-20-17(25)23-15-3-2-12(18)9-14(15)19/h2-3,8-9H,4-7,10H2,1H3,(H2,20,23,25). The van der Waals surface area contributed by atoms with Crippen molar-refractivity contribution in [3.8, 4) is 0 Å². The Balaban J connectivity index is 1.61. The van der Waals surface area contributed by atoms with Crippen molar-refractivity contribution in [1.82, 2.24) is 15.3 Å². The zero-order chi connectivity index (χ0) is 18.5. The maximum absolute atomic E-state index is 13.6. The summed E-state index contributed by atoms with van der Waals surface area (Å²) in [7, 11) is 0. The van der Waals surface area contributed by atoms with Crippen LogP contribution in [0.4, 0.5) is 25.2 Å². The Labute approximate surface area is 149 Å². The van der Waals surface area contributed by atoms with Crippen molar-refractivity contribution < 1.29 is 18.3 Å². The van der Waals surface area contributed by atoms with E-state index in [0.29, 0.717) is 44.0 Å². The molecule has 138 valence electrons. The van der Waals surface area contributed by atoms with Gasteiger partial charge in [0, 0.05) is 24.8 Å². The van der Waals surface area contributed by atoms with Gasteiger partial charge in [0.1, 0.15) is 11.6 Å². The summed E-state index contributed by atoms with van der Waals surface area (Å²) in [6, 6.07) is 4.09. The summed E-state index contributed by atoms with van der Waals surface area (Å²) in [5.74, 6) is -0.955. The molecule has 1 aliphatic rings. The highest BCUT2D eigenvalue weighted by molar-refractivity contribution is 5.89. The molecular weight excluding hydrogens is 344 g/mol. The van der Waals surface area contributed by atoms with Crippen molar-refractivity contribution in [2.75, 3.05) is 36.5 Å². The molecule has 2 aromatic rings. The van der Waals surface area contributed by atoms with Crippen LogP contribution in [0.3, 0.4) is 0 Å². The number of aryl methyl sites for hydroxylation is 1. The van der Waals surface area contributed by atoms with Crippen molar-refractivity contribution >= 4 is 17.7 Å². The van der Waals surface area contributed by atoms with Crippen LogP contribution in [0.15, 0.2) is 24.3 Å². The van der Waals surface area contributed by atoms with Gasteiger partial charge in [0.2, 0.25) is 5.95 Å². The van der Waals surface area contributed by atoms with Crippen molar-refractivity contribution in [3.63, 3.8) is 0 Å². The zero-order valence-electron chi connectivity index (χ0n) is 14.3. The third kappa shape index (κ3) is 4.63. The number of nitrogens with one attached hydrogen (secondary N) is 2. The minimum absolute atomic E-state index is 0.100. The average molecular weight is 363 g/mol. The first-order valence-electron chi connectivity index (χ1n) is 8.18. The van der Waals surface area contributed by atoms with E-state index in [1.54, 1.807) is 6.07 Å². The van der Waals surface area contributed by atoms with Crippen LogP contribution in [-0.4, -0.2) is 42.3 Å². The lowest BCUT2D eigenvalue weighted by Crippen LogP contribution is -2.37. The summed E-state index contributed by atoms with van der Waals surface area (Å²) in [4.78, 5) is 22.8. The van der Waals surface area contributed by atoms with Gasteiger partial charge in [-0.05, 0) is 25.1 Å².